The molecule has 1 aromatic rings. The first kappa shape index (κ1) is 14.4. The third kappa shape index (κ3) is 3.95. The van der Waals surface area contributed by atoms with Crippen LogP contribution in [0.3, 0.4) is 0 Å². The highest BCUT2D eigenvalue weighted by Gasteiger charge is 2.20. The van der Waals surface area contributed by atoms with Gasteiger partial charge in [-0.2, -0.15) is 0 Å². The van der Waals surface area contributed by atoms with E-state index in [0.717, 1.165) is 36.9 Å². The van der Waals surface area contributed by atoms with Gasteiger partial charge in [-0.3, -0.25) is 0 Å². The highest BCUT2D eigenvalue weighted by Crippen LogP contribution is 2.27. The van der Waals surface area contributed by atoms with Gasteiger partial charge in [0, 0.05) is 11.6 Å². The van der Waals surface area contributed by atoms with Crippen LogP contribution in [-0.2, 0) is 0 Å². The maximum Gasteiger partial charge on any atom is 0.120 e. The molecule has 2 rings (SSSR count). The van der Waals surface area contributed by atoms with E-state index in [9.17, 15) is 10.2 Å². The van der Waals surface area contributed by atoms with Crippen molar-refractivity contribution in [2.24, 2.45) is 5.92 Å². The van der Waals surface area contributed by atoms with E-state index >= 15 is 0 Å². The van der Waals surface area contributed by atoms with Crippen LogP contribution in [0.4, 0.5) is 0 Å². The van der Waals surface area contributed by atoms with Gasteiger partial charge in [0.25, 0.3) is 0 Å². The van der Waals surface area contributed by atoms with Gasteiger partial charge in [0.2, 0.25) is 0 Å². The van der Waals surface area contributed by atoms with Crippen LogP contribution in [-0.4, -0.2) is 22.9 Å². The third-order valence-corrected chi connectivity index (χ3v) is 4.12. The van der Waals surface area contributed by atoms with Crippen molar-refractivity contribution < 1.29 is 10.2 Å². The minimum atomic E-state index is -0.122. The smallest absolute Gasteiger partial charge is 0.120 e. The van der Waals surface area contributed by atoms with Crippen molar-refractivity contribution in [2.75, 3.05) is 6.54 Å². The predicted molar refractivity (Wildman–Crippen MR) is 77.2 cm³/mol. The molecule has 0 heterocycles. The van der Waals surface area contributed by atoms with E-state index in [0.29, 0.717) is 11.7 Å². The predicted octanol–water partition coefficient (Wildman–Crippen LogP) is 2.90. The molecule has 1 aliphatic rings. The summed E-state index contributed by atoms with van der Waals surface area (Å²) >= 11 is 0. The Balaban J connectivity index is 1.88. The number of phenolic OH excluding ortho intramolecular Hbond substituents is 1. The van der Waals surface area contributed by atoms with Crippen LogP contribution in [0.25, 0.3) is 0 Å². The van der Waals surface area contributed by atoms with Gasteiger partial charge in [-0.05, 0) is 57.2 Å². The van der Waals surface area contributed by atoms with Gasteiger partial charge in [0.15, 0.2) is 0 Å². The second-order valence-corrected chi connectivity index (χ2v) is 5.88. The monoisotopic (exact) mass is 263 g/mol. The number of aliphatic hydroxyl groups excluding tert-OH is 1. The summed E-state index contributed by atoms with van der Waals surface area (Å²) in [6.07, 6.45) is 4.04. The number of hydrogen-bond acceptors (Lipinski definition) is 3. The fourth-order valence-electron chi connectivity index (χ4n) is 2.92. The molecule has 0 amide bonds. The zero-order chi connectivity index (χ0) is 13.8. The van der Waals surface area contributed by atoms with Gasteiger partial charge in [0.1, 0.15) is 5.75 Å². The molecule has 0 spiro atoms. The van der Waals surface area contributed by atoms with Crippen LogP contribution in [0.2, 0.25) is 0 Å². The van der Waals surface area contributed by atoms with E-state index in [1.165, 1.54) is 6.42 Å². The van der Waals surface area contributed by atoms with Crippen molar-refractivity contribution in [3.8, 4) is 5.75 Å². The molecule has 0 aromatic heterocycles. The third-order valence-electron chi connectivity index (χ3n) is 4.12. The highest BCUT2D eigenvalue weighted by atomic mass is 16.3. The Morgan fingerprint density at radius 3 is 2.84 bits per heavy atom. The van der Waals surface area contributed by atoms with Crippen molar-refractivity contribution in [1.29, 1.82) is 0 Å². The molecular weight excluding hydrogens is 238 g/mol. The molecule has 3 nitrogen and oxygen atoms in total. The maximum absolute atomic E-state index is 9.96. The number of hydrogen-bond donors (Lipinski definition) is 3. The minimum absolute atomic E-state index is 0.122. The summed E-state index contributed by atoms with van der Waals surface area (Å²) in [7, 11) is 0. The van der Waals surface area contributed by atoms with E-state index in [1.807, 2.05) is 19.1 Å². The van der Waals surface area contributed by atoms with Crippen LogP contribution >= 0.6 is 0 Å². The first-order chi connectivity index (χ1) is 9.06. The Bertz CT molecular complexity index is 419. The molecule has 106 valence electrons. The molecule has 0 saturated heterocycles. The zero-order valence-corrected chi connectivity index (χ0v) is 11.9. The number of aliphatic hydroxyl groups is 1. The quantitative estimate of drug-likeness (QED) is 0.783. The van der Waals surface area contributed by atoms with Crippen LogP contribution in [0.1, 0.15) is 49.8 Å². The summed E-state index contributed by atoms with van der Waals surface area (Å²) < 4.78 is 0. The molecule has 3 heteroatoms. The molecule has 3 atom stereocenters. The van der Waals surface area contributed by atoms with E-state index in [-0.39, 0.29) is 12.1 Å². The lowest BCUT2D eigenvalue weighted by atomic mass is 9.87. The number of phenols is 1. The Hall–Kier alpha value is -1.06. The average Bonchev–Trinajstić information content (AvgIpc) is 2.36. The van der Waals surface area contributed by atoms with Crippen LogP contribution in [0, 0.1) is 12.8 Å². The summed E-state index contributed by atoms with van der Waals surface area (Å²) in [5, 5.41) is 23.1. The second-order valence-electron chi connectivity index (χ2n) is 5.88. The lowest BCUT2D eigenvalue weighted by Crippen LogP contribution is -2.30. The topological polar surface area (TPSA) is 52.5 Å². The number of benzene rings is 1. The summed E-state index contributed by atoms with van der Waals surface area (Å²) in [6.45, 7) is 4.96. The molecule has 1 saturated carbocycles. The van der Waals surface area contributed by atoms with Gasteiger partial charge in [-0.25, -0.2) is 0 Å². The van der Waals surface area contributed by atoms with E-state index in [2.05, 4.69) is 12.2 Å². The molecule has 0 bridgehead atoms. The summed E-state index contributed by atoms with van der Waals surface area (Å²) in [5.74, 6) is 0.919. The van der Waals surface area contributed by atoms with E-state index in [4.69, 9.17) is 0 Å². The normalized spacial score (nSPS) is 25.2. The maximum atomic E-state index is 9.96. The van der Waals surface area contributed by atoms with Gasteiger partial charge < -0.3 is 15.5 Å². The largest absolute Gasteiger partial charge is 0.508 e. The van der Waals surface area contributed by atoms with Crippen molar-refractivity contribution >= 4 is 0 Å². The summed E-state index contributed by atoms with van der Waals surface area (Å²) in [6, 6.07) is 5.95. The Morgan fingerprint density at radius 1 is 1.37 bits per heavy atom. The Morgan fingerprint density at radius 2 is 2.16 bits per heavy atom. The first-order valence-electron chi connectivity index (χ1n) is 7.27. The van der Waals surface area contributed by atoms with Gasteiger partial charge >= 0.3 is 0 Å². The van der Waals surface area contributed by atoms with Crippen LogP contribution < -0.4 is 5.32 Å². The highest BCUT2D eigenvalue weighted by molar-refractivity contribution is 5.37. The van der Waals surface area contributed by atoms with Crippen LogP contribution in [0.15, 0.2) is 18.2 Å². The van der Waals surface area contributed by atoms with E-state index < -0.39 is 0 Å². The first-order valence-corrected chi connectivity index (χ1v) is 7.27. The lowest BCUT2D eigenvalue weighted by Gasteiger charge is -2.27. The minimum Gasteiger partial charge on any atom is -0.508 e. The van der Waals surface area contributed by atoms with Crippen molar-refractivity contribution in [3.63, 3.8) is 0 Å². The fourth-order valence-corrected chi connectivity index (χ4v) is 2.92. The fraction of sp³-hybridized carbons (Fsp3) is 0.625. The molecular formula is C16H25NO2. The summed E-state index contributed by atoms with van der Waals surface area (Å²) in [5.41, 5.74) is 2.02. The summed E-state index contributed by atoms with van der Waals surface area (Å²) in [4.78, 5) is 0. The van der Waals surface area contributed by atoms with Crippen molar-refractivity contribution in [2.45, 2.75) is 51.7 Å². The molecule has 19 heavy (non-hydrogen) atoms. The number of rotatable bonds is 4. The Kier molecular flexibility index (Phi) is 4.83. The van der Waals surface area contributed by atoms with Crippen molar-refractivity contribution in [1.82, 2.24) is 5.32 Å². The molecule has 0 aliphatic heterocycles. The molecule has 1 aromatic carbocycles. The van der Waals surface area contributed by atoms with Crippen LogP contribution in [0.5, 0.6) is 5.75 Å². The van der Waals surface area contributed by atoms with Gasteiger partial charge in [-0.1, -0.05) is 18.6 Å². The van der Waals surface area contributed by atoms with E-state index in [1.54, 1.807) is 6.07 Å². The second kappa shape index (κ2) is 6.40. The van der Waals surface area contributed by atoms with Crippen molar-refractivity contribution in [3.05, 3.63) is 29.3 Å². The molecule has 3 unspecified atom stereocenters. The lowest BCUT2D eigenvalue weighted by molar-refractivity contribution is 0.0997. The molecule has 1 aliphatic carbocycles. The average molecular weight is 263 g/mol. The van der Waals surface area contributed by atoms with Gasteiger partial charge in [0.05, 0.1) is 6.10 Å². The number of aromatic hydroxyl groups is 1. The zero-order valence-electron chi connectivity index (χ0n) is 11.9. The number of nitrogens with one attached hydrogen (secondary N) is 1. The number of aryl methyl sites for hydroxylation is 1. The molecule has 0 radical (unpaired) electrons. The standard InChI is InChI=1S/C16H25NO2/c1-11-6-7-15(16(19)8-11)12(2)17-10-13-4-3-5-14(18)9-13/h6-8,12-14,17-19H,3-5,9-10H2,1-2H3. The van der Waals surface area contributed by atoms with Gasteiger partial charge in [-0.15, -0.1) is 0 Å². The molecule has 3 N–H and O–H groups in total. The molecule has 1 fully saturated rings. The Labute approximate surface area is 115 Å². The SMILES string of the molecule is Cc1ccc(C(C)NCC2CCCC(O)C2)c(O)c1.